The average molecular weight is 382 g/mol. The largest absolute Gasteiger partial charge is 0.331 e. The molecule has 1 aromatic carbocycles. The second-order valence-electron chi connectivity index (χ2n) is 5.71. The fraction of sp³-hybridized carbons (Fsp3) is 0.438. The van der Waals surface area contributed by atoms with Crippen LogP contribution in [0.5, 0.6) is 0 Å². The van der Waals surface area contributed by atoms with E-state index in [1.54, 1.807) is 16.7 Å². The zero-order chi connectivity index (χ0) is 16.8. The van der Waals surface area contributed by atoms with Gasteiger partial charge in [-0.05, 0) is 18.4 Å². The average Bonchev–Trinajstić information content (AvgIpc) is 3.26. The summed E-state index contributed by atoms with van der Waals surface area (Å²) in [6, 6.07) is 8.21. The lowest BCUT2D eigenvalue weighted by atomic mass is 10.2. The van der Waals surface area contributed by atoms with Gasteiger partial charge in [0.15, 0.2) is 8.68 Å². The molecule has 1 fully saturated rings. The van der Waals surface area contributed by atoms with Crippen LogP contribution in [0.4, 0.5) is 5.69 Å². The van der Waals surface area contributed by atoms with Gasteiger partial charge in [0, 0.05) is 24.1 Å². The number of hydrogen-bond acceptors (Lipinski definition) is 6. The van der Waals surface area contributed by atoms with E-state index in [2.05, 4.69) is 27.6 Å². The van der Waals surface area contributed by atoms with Crippen LogP contribution < -0.4 is 10.2 Å². The van der Waals surface area contributed by atoms with Crippen LogP contribution in [-0.2, 0) is 11.3 Å². The van der Waals surface area contributed by atoms with E-state index in [0.717, 1.165) is 20.9 Å². The van der Waals surface area contributed by atoms with Crippen molar-refractivity contribution in [3.8, 4) is 0 Å². The summed E-state index contributed by atoms with van der Waals surface area (Å²) in [6.45, 7) is 3.64. The molecule has 2 heterocycles. The number of amides is 1. The minimum absolute atomic E-state index is 0.0150. The maximum absolute atomic E-state index is 12.0. The van der Waals surface area contributed by atoms with Gasteiger partial charge in [-0.3, -0.25) is 4.79 Å². The fourth-order valence-corrected chi connectivity index (χ4v) is 4.95. The normalized spacial score (nSPS) is 14.9. The van der Waals surface area contributed by atoms with E-state index in [4.69, 9.17) is 0 Å². The van der Waals surface area contributed by atoms with Crippen molar-refractivity contribution in [2.24, 2.45) is 0 Å². The standard InChI is InChI=1S/C16H20N4OS3/c1-22-15-18-19-16(24-15)23-11-14(21)17-13-6-4-12(5-7-13)10-20-8-2-3-9-20/h4-7H,2-3,8-11H2,1H3,(H,17,21)/p+1. The number of rotatable bonds is 7. The quantitative estimate of drug-likeness (QED) is 0.720. The lowest BCUT2D eigenvalue weighted by molar-refractivity contribution is -0.901. The van der Waals surface area contributed by atoms with Crippen LogP contribution in [0.3, 0.4) is 0 Å². The minimum atomic E-state index is -0.0150. The highest BCUT2D eigenvalue weighted by Crippen LogP contribution is 2.27. The number of quaternary nitrogens is 1. The predicted molar refractivity (Wildman–Crippen MR) is 101 cm³/mol. The third kappa shape index (κ3) is 5.20. The van der Waals surface area contributed by atoms with Crippen LogP contribution in [0, 0.1) is 0 Å². The highest BCUT2D eigenvalue weighted by Gasteiger charge is 2.15. The number of carbonyl (C=O) groups is 1. The maximum Gasteiger partial charge on any atom is 0.234 e. The number of aromatic nitrogens is 2. The third-order valence-corrected chi connectivity index (χ3v) is 6.92. The van der Waals surface area contributed by atoms with Crippen LogP contribution in [-0.4, -0.2) is 41.2 Å². The Balaban J connectivity index is 1.45. The number of nitrogens with one attached hydrogen (secondary N) is 2. The topological polar surface area (TPSA) is 59.3 Å². The molecular weight excluding hydrogens is 360 g/mol. The molecule has 2 aromatic rings. The van der Waals surface area contributed by atoms with Crippen molar-refractivity contribution in [2.75, 3.05) is 30.4 Å². The van der Waals surface area contributed by atoms with Crippen molar-refractivity contribution >= 4 is 46.5 Å². The van der Waals surface area contributed by atoms with Gasteiger partial charge in [0.05, 0.1) is 18.8 Å². The van der Waals surface area contributed by atoms with Crippen molar-refractivity contribution < 1.29 is 9.69 Å². The summed E-state index contributed by atoms with van der Waals surface area (Å²) in [4.78, 5) is 13.7. The van der Waals surface area contributed by atoms with Crippen LogP contribution >= 0.6 is 34.9 Å². The fourth-order valence-electron chi connectivity index (χ4n) is 2.71. The second-order valence-corrected chi connectivity index (χ2v) is 8.96. The van der Waals surface area contributed by atoms with Crippen molar-refractivity contribution in [1.29, 1.82) is 0 Å². The lowest BCUT2D eigenvalue weighted by Gasteiger charge is -2.12. The molecule has 1 amide bonds. The molecule has 5 nitrogen and oxygen atoms in total. The maximum atomic E-state index is 12.0. The molecule has 0 saturated carbocycles. The van der Waals surface area contributed by atoms with Gasteiger partial charge in [-0.2, -0.15) is 0 Å². The molecular formula is C16H21N4OS3+. The molecule has 128 valence electrons. The Morgan fingerprint density at radius 3 is 2.58 bits per heavy atom. The molecule has 1 aliphatic heterocycles. The van der Waals surface area contributed by atoms with E-state index in [1.807, 2.05) is 18.4 Å². The molecule has 0 aliphatic carbocycles. The zero-order valence-electron chi connectivity index (χ0n) is 13.6. The Hall–Kier alpha value is -1.09. The van der Waals surface area contributed by atoms with Crippen LogP contribution in [0.25, 0.3) is 0 Å². The zero-order valence-corrected chi connectivity index (χ0v) is 16.0. The Bertz CT molecular complexity index is 668. The number of nitrogens with zero attached hydrogens (tertiary/aromatic N) is 2. The SMILES string of the molecule is CSc1nnc(SCC(=O)Nc2ccc(C[NH+]3CCCC3)cc2)s1. The van der Waals surface area contributed by atoms with Gasteiger partial charge >= 0.3 is 0 Å². The van der Waals surface area contributed by atoms with Gasteiger partial charge in [0.2, 0.25) is 5.91 Å². The van der Waals surface area contributed by atoms with Gasteiger partial charge in [-0.25, -0.2) is 0 Å². The first kappa shape index (κ1) is 17.7. The van der Waals surface area contributed by atoms with E-state index in [-0.39, 0.29) is 5.91 Å². The predicted octanol–water partition coefficient (Wildman–Crippen LogP) is 2.17. The third-order valence-electron chi connectivity index (χ3n) is 3.89. The number of hydrogen-bond donors (Lipinski definition) is 2. The highest BCUT2D eigenvalue weighted by atomic mass is 32.2. The Morgan fingerprint density at radius 2 is 1.92 bits per heavy atom. The van der Waals surface area contributed by atoms with Gasteiger partial charge in [-0.15, -0.1) is 10.2 Å². The molecule has 0 bridgehead atoms. The molecule has 8 heteroatoms. The van der Waals surface area contributed by atoms with E-state index in [1.165, 1.54) is 54.6 Å². The summed E-state index contributed by atoms with van der Waals surface area (Å²) >= 11 is 4.51. The van der Waals surface area contributed by atoms with E-state index in [9.17, 15) is 4.79 Å². The van der Waals surface area contributed by atoms with Crippen molar-refractivity contribution in [2.45, 2.75) is 28.1 Å². The van der Waals surface area contributed by atoms with E-state index >= 15 is 0 Å². The number of benzene rings is 1. The second kappa shape index (κ2) is 8.84. The van der Waals surface area contributed by atoms with Crippen molar-refractivity contribution in [3.05, 3.63) is 29.8 Å². The Kier molecular flexibility index (Phi) is 6.53. The van der Waals surface area contributed by atoms with Gasteiger partial charge in [0.1, 0.15) is 6.54 Å². The van der Waals surface area contributed by atoms with Crippen LogP contribution in [0.15, 0.2) is 32.9 Å². The highest BCUT2D eigenvalue weighted by molar-refractivity contribution is 8.03. The Morgan fingerprint density at radius 1 is 1.21 bits per heavy atom. The molecule has 0 spiro atoms. The monoisotopic (exact) mass is 381 g/mol. The van der Waals surface area contributed by atoms with Crippen molar-refractivity contribution in [3.63, 3.8) is 0 Å². The van der Waals surface area contributed by atoms with E-state index in [0.29, 0.717) is 5.75 Å². The molecule has 0 radical (unpaired) electrons. The first-order valence-corrected chi connectivity index (χ1v) is 11.0. The molecule has 0 atom stereocenters. The molecule has 24 heavy (non-hydrogen) atoms. The van der Waals surface area contributed by atoms with Gasteiger partial charge in [0.25, 0.3) is 0 Å². The number of thioether (sulfide) groups is 2. The lowest BCUT2D eigenvalue weighted by Crippen LogP contribution is -3.08. The molecule has 1 saturated heterocycles. The minimum Gasteiger partial charge on any atom is -0.331 e. The van der Waals surface area contributed by atoms with Crippen molar-refractivity contribution in [1.82, 2.24) is 10.2 Å². The first-order valence-electron chi connectivity index (χ1n) is 7.95. The summed E-state index contributed by atoms with van der Waals surface area (Å²) in [6.07, 6.45) is 4.65. The first-order chi connectivity index (χ1) is 11.7. The smallest absolute Gasteiger partial charge is 0.234 e. The molecule has 1 aliphatic rings. The summed E-state index contributed by atoms with van der Waals surface area (Å²) in [5.41, 5.74) is 2.18. The number of carbonyl (C=O) groups excluding carboxylic acids is 1. The molecule has 0 unspecified atom stereocenters. The summed E-state index contributed by atoms with van der Waals surface area (Å²) in [5, 5.41) is 11.0. The van der Waals surface area contributed by atoms with Gasteiger partial charge in [-0.1, -0.05) is 47.0 Å². The molecule has 1 aromatic heterocycles. The number of likely N-dealkylation sites (tertiary alicyclic amines) is 1. The van der Waals surface area contributed by atoms with Crippen LogP contribution in [0.1, 0.15) is 18.4 Å². The van der Waals surface area contributed by atoms with E-state index < -0.39 is 0 Å². The summed E-state index contributed by atoms with van der Waals surface area (Å²) in [5.74, 6) is 0.335. The molecule has 3 rings (SSSR count). The summed E-state index contributed by atoms with van der Waals surface area (Å²) in [7, 11) is 0. The molecule has 2 N–H and O–H groups in total. The number of anilines is 1. The summed E-state index contributed by atoms with van der Waals surface area (Å²) < 4.78 is 1.76. The van der Waals surface area contributed by atoms with Crippen LogP contribution in [0.2, 0.25) is 0 Å². The van der Waals surface area contributed by atoms with Gasteiger partial charge < -0.3 is 10.2 Å². The Labute approximate surface area is 154 Å².